The van der Waals surface area contributed by atoms with Gasteiger partial charge in [-0.05, 0) is 112 Å². The summed E-state index contributed by atoms with van der Waals surface area (Å²) in [6.07, 6.45) is 12.5. The number of Topliss-reactive ketones (excluding diaryl/α,β-unsaturated/α-hetero) is 1. The highest BCUT2D eigenvalue weighted by Gasteiger charge is 2.64. The predicted molar refractivity (Wildman–Crippen MR) is 200 cm³/mol. The Hall–Kier alpha value is -2.99. The Kier molecular flexibility index (Phi) is 10.2. The Morgan fingerprint density at radius 3 is 2.32 bits per heavy atom. The number of carbonyl (C=O) groups is 3. The first-order valence-electron chi connectivity index (χ1n) is 19.4. The summed E-state index contributed by atoms with van der Waals surface area (Å²) >= 11 is 0. The van der Waals surface area contributed by atoms with Gasteiger partial charge in [-0.15, -0.1) is 0 Å². The van der Waals surface area contributed by atoms with Crippen LogP contribution in [0.3, 0.4) is 0 Å². The van der Waals surface area contributed by atoms with Crippen molar-refractivity contribution in [2.75, 3.05) is 33.2 Å². The van der Waals surface area contributed by atoms with Gasteiger partial charge in [-0.25, -0.2) is 0 Å². The van der Waals surface area contributed by atoms with Crippen molar-refractivity contribution in [2.24, 2.45) is 39.4 Å². The molecule has 0 aromatic heterocycles. The van der Waals surface area contributed by atoms with Crippen molar-refractivity contribution in [3.8, 4) is 0 Å². The number of amides is 1. The summed E-state index contributed by atoms with van der Waals surface area (Å²) in [5.41, 5.74) is 5.45. The van der Waals surface area contributed by atoms with E-state index in [9.17, 15) is 14.4 Å². The third-order valence-electron chi connectivity index (χ3n) is 14.6. The normalized spacial score (nSPS) is 33.7. The van der Waals surface area contributed by atoms with E-state index in [1.807, 2.05) is 35.2 Å². The van der Waals surface area contributed by atoms with Crippen molar-refractivity contribution >= 4 is 17.7 Å². The predicted octanol–water partition coefficient (Wildman–Crippen LogP) is 8.72. The van der Waals surface area contributed by atoms with E-state index in [1.165, 1.54) is 5.57 Å². The van der Waals surface area contributed by atoms with E-state index < -0.39 is 5.41 Å². The first-order chi connectivity index (χ1) is 23.6. The van der Waals surface area contributed by atoms with Crippen LogP contribution in [-0.2, 0) is 25.7 Å². The number of ether oxygens (including phenoxy) is 1. The highest BCUT2D eigenvalue weighted by molar-refractivity contribution is 6.06. The second-order valence-corrected chi connectivity index (χ2v) is 17.9. The van der Waals surface area contributed by atoms with E-state index in [2.05, 4.69) is 66.5 Å². The number of nitrogens with zero attached hydrogens (tertiary/aromatic N) is 2. The summed E-state index contributed by atoms with van der Waals surface area (Å²) in [6, 6.07) is 10.0. The number of allylic oxidation sites excluding steroid dienone is 5. The highest BCUT2D eigenvalue weighted by Crippen LogP contribution is 2.72. The third kappa shape index (κ3) is 6.37. The van der Waals surface area contributed by atoms with Crippen LogP contribution in [0.5, 0.6) is 0 Å². The average molecular weight is 683 g/mol. The standard InChI is InChI=1S/C44H62N2O4/c1-30(2)13-12-16-33(40(49)50-29-31-14-10-9-11-15-31)34-19-21-44(7)36-17-18-37-41(3,4)39(48)32(27-38(47)46-25-23-45(8)24-26-46)28-42(37,5)35(36)20-22-43(34,44)6/h9-11,13-15,27,33-34,37H,12,16-26,28-29H2,1-8H3/b32-27+/t33-,34-,37-,42+,43-,44+/m0/s1. The van der Waals surface area contributed by atoms with Crippen LogP contribution in [0.25, 0.3) is 0 Å². The fourth-order valence-corrected chi connectivity index (χ4v) is 11.5. The lowest BCUT2D eigenvalue weighted by Crippen LogP contribution is -2.55. The van der Waals surface area contributed by atoms with Crippen molar-refractivity contribution in [1.82, 2.24) is 9.80 Å². The van der Waals surface area contributed by atoms with E-state index in [0.29, 0.717) is 26.1 Å². The minimum atomic E-state index is -0.530. The molecule has 4 aliphatic carbocycles. The molecule has 1 heterocycles. The third-order valence-corrected chi connectivity index (χ3v) is 14.6. The summed E-state index contributed by atoms with van der Waals surface area (Å²) in [4.78, 5) is 45.9. The van der Waals surface area contributed by atoms with Gasteiger partial charge in [0.15, 0.2) is 5.78 Å². The average Bonchev–Trinajstić information content (AvgIpc) is 3.35. The number of hydrogen-bond donors (Lipinski definition) is 0. The van der Waals surface area contributed by atoms with Crippen molar-refractivity contribution < 1.29 is 19.1 Å². The minimum Gasteiger partial charge on any atom is -0.461 e. The van der Waals surface area contributed by atoms with Gasteiger partial charge in [0.05, 0.1) is 5.92 Å². The lowest BCUT2D eigenvalue weighted by molar-refractivity contribution is -0.155. The maximum atomic E-state index is 14.1. The molecule has 1 aromatic carbocycles. The first-order valence-corrected chi connectivity index (χ1v) is 19.4. The quantitative estimate of drug-likeness (QED) is 0.156. The van der Waals surface area contributed by atoms with Gasteiger partial charge >= 0.3 is 5.97 Å². The van der Waals surface area contributed by atoms with Crippen LogP contribution in [0.1, 0.15) is 112 Å². The molecule has 1 amide bonds. The van der Waals surface area contributed by atoms with Gasteiger partial charge in [0.2, 0.25) is 5.91 Å². The van der Waals surface area contributed by atoms with Crippen LogP contribution in [0.15, 0.2) is 64.8 Å². The molecular weight excluding hydrogens is 620 g/mol. The summed E-state index contributed by atoms with van der Waals surface area (Å²) in [5.74, 6) is 0.455. The van der Waals surface area contributed by atoms with E-state index in [0.717, 1.165) is 75.6 Å². The molecule has 0 radical (unpaired) electrons. The molecule has 6 rings (SSSR count). The molecule has 50 heavy (non-hydrogen) atoms. The van der Waals surface area contributed by atoms with Crippen LogP contribution in [0, 0.1) is 39.4 Å². The fourth-order valence-electron chi connectivity index (χ4n) is 11.5. The smallest absolute Gasteiger partial charge is 0.309 e. The van der Waals surface area contributed by atoms with Crippen LogP contribution >= 0.6 is 0 Å². The van der Waals surface area contributed by atoms with Gasteiger partial charge < -0.3 is 14.5 Å². The van der Waals surface area contributed by atoms with Crippen molar-refractivity contribution in [2.45, 2.75) is 113 Å². The number of ketones is 1. The molecule has 6 heteroatoms. The molecule has 5 aliphatic rings. The Bertz CT molecular complexity index is 1580. The topological polar surface area (TPSA) is 66.9 Å². The largest absolute Gasteiger partial charge is 0.461 e. The highest BCUT2D eigenvalue weighted by atomic mass is 16.5. The van der Waals surface area contributed by atoms with Gasteiger partial charge in [0.25, 0.3) is 0 Å². The Morgan fingerprint density at radius 1 is 0.940 bits per heavy atom. The van der Waals surface area contributed by atoms with E-state index in [4.69, 9.17) is 4.74 Å². The Labute approximate surface area is 301 Å². The zero-order valence-electron chi connectivity index (χ0n) is 32.2. The first kappa shape index (κ1) is 36.8. The molecule has 3 fully saturated rings. The fraction of sp³-hybridized carbons (Fsp3) is 0.659. The van der Waals surface area contributed by atoms with Crippen LogP contribution in [0.2, 0.25) is 0 Å². The van der Waals surface area contributed by atoms with E-state index >= 15 is 0 Å². The molecular formula is C44H62N2O4. The van der Waals surface area contributed by atoms with Gasteiger partial charge in [-0.3, -0.25) is 14.4 Å². The number of rotatable bonds is 8. The lowest BCUT2D eigenvalue weighted by atomic mass is 9.43. The summed E-state index contributed by atoms with van der Waals surface area (Å²) in [7, 11) is 2.09. The summed E-state index contributed by atoms with van der Waals surface area (Å²) < 4.78 is 6.09. The molecule has 1 aromatic rings. The monoisotopic (exact) mass is 682 g/mol. The molecule has 272 valence electrons. The maximum Gasteiger partial charge on any atom is 0.309 e. The van der Waals surface area contributed by atoms with Gasteiger partial charge in [0, 0.05) is 43.2 Å². The van der Waals surface area contributed by atoms with Crippen LogP contribution in [-0.4, -0.2) is 60.7 Å². The second kappa shape index (κ2) is 13.9. The van der Waals surface area contributed by atoms with Crippen molar-refractivity contribution in [3.63, 3.8) is 0 Å². The Balaban J connectivity index is 1.30. The number of benzene rings is 1. The van der Waals surface area contributed by atoms with Crippen molar-refractivity contribution in [1.29, 1.82) is 0 Å². The molecule has 0 N–H and O–H groups in total. The molecule has 1 saturated heterocycles. The molecule has 6 nitrogen and oxygen atoms in total. The van der Waals surface area contributed by atoms with E-state index in [1.54, 1.807) is 17.2 Å². The molecule has 0 spiro atoms. The van der Waals surface area contributed by atoms with Crippen LogP contribution < -0.4 is 0 Å². The van der Waals surface area contributed by atoms with E-state index in [-0.39, 0.29) is 51.7 Å². The molecule has 6 atom stereocenters. The van der Waals surface area contributed by atoms with Gasteiger partial charge in [-0.2, -0.15) is 0 Å². The van der Waals surface area contributed by atoms with Gasteiger partial charge in [-0.1, -0.05) is 87.7 Å². The second-order valence-electron chi connectivity index (χ2n) is 17.9. The summed E-state index contributed by atoms with van der Waals surface area (Å²) in [6.45, 7) is 19.4. The molecule has 2 saturated carbocycles. The number of carbonyl (C=O) groups excluding carboxylic acids is 3. The number of fused-ring (bicyclic) bond motifs is 4. The SMILES string of the molecule is CC(C)=CCC[C@H](C(=O)OCc1ccccc1)[C@@H]1CC[C@]2(C)C3=C(CC[C@@]12C)[C@@]1(C)C/C(=C\C(=O)N2CCN(C)CC2)C(=O)C(C)(C)[C@@H]1CC3. The van der Waals surface area contributed by atoms with Gasteiger partial charge in [0.1, 0.15) is 6.61 Å². The maximum absolute atomic E-state index is 14.1. The number of hydrogen-bond acceptors (Lipinski definition) is 5. The lowest BCUT2D eigenvalue weighted by Gasteiger charge is -2.61. The Morgan fingerprint density at radius 2 is 1.64 bits per heavy atom. The zero-order valence-corrected chi connectivity index (χ0v) is 32.2. The molecule has 0 bridgehead atoms. The number of likely N-dealkylation sites (N-methyl/N-ethyl adjacent to an activating group) is 1. The van der Waals surface area contributed by atoms with Crippen molar-refractivity contribution in [3.05, 3.63) is 70.3 Å². The minimum absolute atomic E-state index is 0.00979. The molecule has 0 unspecified atom stereocenters. The number of piperazine rings is 1. The van der Waals surface area contributed by atoms with Crippen LogP contribution in [0.4, 0.5) is 0 Å². The number of esters is 1. The molecule has 1 aliphatic heterocycles. The summed E-state index contributed by atoms with van der Waals surface area (Å²) in [5, 5.41) is 0. The zero-order chi connectivity index (χ0) is 36.1.